The largest absolute Gasteiger partial charge is 0.465 e. The van der Waals surface area contributed by atoms with Crippen LogP contribution in [0.15, 0.2) is 71.9 Å². The molecule has 0 aliphatic rings. The Bertz CT molecular complexity index is 1430. The van der Waals surface area contributed by atoms with E-state index in [0.717, 1.165) is 11.8 Å². The fourth-order valence-corrected chi connectivity index (χ4v) is 4.89. The Labute approximate surface area is 194 Å². The number of hydrogen-bond donors (Lipinski definition) is 0. The third kappa shape index (κ3) is 4.91. The highest BCUT2D eigenvalue weighted by molar-refractivity contribution is 7.90. The van der Waals surface area contributed by atoms with Crippen LogP contribution in [0.4, 0.5) is 5.13 Å². The zero-order valence-corrected chi connectivity index (χ0v) is 19.4. The van der Waals surface area contributed by atoms with Crippen molar-refractivity contribution in [3.8, 4) is 0 Å². The van der Waals surface area contributed by atoms with Gasteiger partial charge in [0.1, 0.15) is 0 Å². The van der Waals surface area contributed by atoms with Crippen LogP contribution in [0.2, 0.25) is 0 Å². The van der Waals surface area contributed by atoms with Crippen LogP contribution in [0.25, 0.3) is 10.2 Å². The lowest BCUT2D eigenvalue weighted by molar-refractivity contribution is 0.0600. The van der Waals surface area contributed by atoms with Crippen molar-refractivity contribution in [2.24, 2.45) is 0 Å². The van der Waals surface area contributed by atoms with Crippen molar-refractivity contribution >= 4 is 48.4 Å². The van der Waals surface area contributed by atoms with Gasteiger partial charge in [-0.3, -0.25) is 14.7 Å². The number of benzene rings is 2. The second-order valence-corrected chi connectivity index (χ2v) is 10.2. The number of sulfone groups is 1. The average Bonchev–Trinajstić information content (AvgIpc) is 3.25. The summed E-state index contributed by atoms with van der Waals surface area (Å²) in [7, 11) is -2.08. The SMILES string of the molecule is COC(=O)c1ccc(C(=O)N(Cc2cccnc2)c2nc3ccc(S(C)(=O)=O)cc3s2)cc1. The molecule has 0 saturated heterocycles. The van der Waals surface area contributed by atoms with Crippen molar-refractivity contribution in [1.82, 2.24) is 9.97 Å². The average molecular weight is 482 g/mol. The van der Waals surface area contributed by atoms with Gasteiger partial charge in [0.2, 0.25) is 0 Å². The predicted molar refractivity (Wildman–Crippen MR) is 125 cm³/mol. The Morgan fingerprint density at radius 2 is 1.79 bits per heavy atom. The van der Waals surface area contributed by atoms with E-state index in [1.165, 1.54) is 41.5 Å². The Morgan fingerprint density at radius 1 is 1.06 bits per heavy atom. The summed E-state index contributed by atoms with van der Waals surface area (Å²) in [5.74, 6) is -0.813. The monoisotopic (exact) mass is 481 g/mol. The molecule has 2 aromatic carbocycles. The highest BCUT2D eigenvalue weighted by atomic mass is 32.2. The first-order chi connectivity index (χ1) is 15.8. The molecular weight excluding hydrogens is 462 g/mol. The summed E-state index contributed by atoms with van der Waals surface area (Å²) in [5.41, 5.74) is 2.09. The highest BCUT2D eigenvalue weighted by Gasteiger charge is 2.23. The molecule has 0 radical (unpaired) electrons. The number of carbonyl (C=O) groups is 2. The molecule has 4 rings (SSSR count). The number of rotatable bonds is 6. The Hall–Kier alpha value is -3.63. The van der Waals surface area contributed by atoms with E-state index in [1.54, 1.807) is 42.7 Å². The summed E-state index contributed by atoms with van der Waals surface area (Å²) < 4.78 is 29.2. The van der Waals surface area contributed by atoms with Crippen molar-refractivity contribution < 1.29 is 22.7 Å². The number of pyridine rings is 1. The van der Waals surface area contributed by atoms with Crippen molar-refractivity contribution in [1.29, 1.82) is 0 Å². The maximum atomic E-state index is 13.5. The number of hydrogen-bond acceptors (Lipinski definition) is 8. The molecular formula is C23H19N3O5S2. The molecule has 0 saturated carbocycles. The molecule has 33 heavy (non-hydrogen) atoms. The van der Waals surface area contributed by atoms with Crippen LogP contribution >= 0.6 is 11.3 Å². The van der Waals surface area contributed by atoms with E-state index in [4.69, 9.17) is 4.74 Å². The normalized spacial score (nSPS) is 11.3. The lowest BCUT2D eigenvalue weighted by Gasteiger charge is -2.20. The highest BCUT2D eigenvalue weighted by Crippen LogP contribution is 2.32. The van der Waals surface area contributed by atoms with Gasteiger partial charge in [0.05, 0.1) is 34.3 Å². The molecule has 0 N–H and O–H groups in total. The van der Waals surface area contributed by atoms with Gasteiger partial charge in [-0.05, 0) is 54.1 Å². The smallest absolute Gasteiger partial charge is 0.337 e. The molecule has 168 valence electrons. The number of esters is 1. The fourth-order valence-electron chi connectivity index (χ4n) is 3.16. The minimum atomic E-state index is -3.37. The minimum absolute atomic E-state index is 0.189. The first-order valence-electron chi connectivity index (χ1n) is 9.76. The van der Waals surface area contributed by atoms with E-state index in [-0.39, 0.29) is 17.3 Å². The van der Waals surface area contributed by atoms with E-state index in [2.05, 4.69) is 9.97 Å². The van der Waals surface area contributed by atoms with Gasteiger partial charge in [-0.1, -0.05) is 17.4 Å². The third-order valence-electron chi connectivity index (χ3n) is 4.87. The number of ether oxygens (including phenoxy) is 1. The Balaban J connectivity index is 1.75. The maximum absolute atomic E-state index is 13.5. The number of amides is 1. The second-order valence-electron chi connectivity index (χ2n) is 7.22. The van der Waals surface area contributed by atoms with Crippen LogP contribution in [0.5, 0.6) is 0 Å². The molecule has 10 heteroatoms. The predicted octanol–water partition coefficient (Wildman–Crippen LogP) is 3.73. The van der Waals surface area contributed by atoms with Gasteiger partial charge in [-0.25, -0.2) is 18.2 Å². The molecule has 0 fully saturated rings. The zero-order valence-electron chi connectivity index (χ0n) is 17.8. The standard InChI is InChI=1S/C23H19N3O5S2/c1-31-22(28)17-7-5-16(6-8-17)21(27)26(14-15-4-3-11-24-13-15)23-25-19-10-9-18(33(2,29)30)12-20(19)32-23/h3-13H,14H2,1-2H3. The number of nitrogens with zero attached hydrogens (tertiary/aromatic N) is 3. The topological polar surface area (TPSA) is 107 Å². The molecule has 2 aromatic heterocycles. The lowest BCUT2D eigenvalue weighted by Crippen LogP contribution is -2.30. The number of thiazole rings is 1. The summed E-state index contributed by atoms with van der Waals surface area (Å²) in [6.07, 6.45) is 4.45. The zero-order chi connectivity index (χ0) is 23.6. The quantitative estimate of drug-likeness (QED) is 0.386. The van der Waals surface area contributed by atoms with Gasteiger partial charge in [0, 0.05) is 24.2 Å². The van der Waals surface area contributed by atoms with E-state index < -0.39 is 15.8 Å². The van der Waals surface area contributed by atoms with Crippen molar-refractivity contribution in [3.63, 3.8) is 0 Å². The Kier molecular flexibility index (Phi) is 6.21. The summed E-state index contributed by atoms with van der Waals surface area (Å²) in [6, 6.07) is 14.5. The first kappa shape index (κ1) is 22.6. The summed E-state index contributed by atoms with van der Waals surface area (Å²) >= 11 is 1.22. The second kappa shape index (κ2) is 9.08. The molecule has 2 heterocycles. The van der Waals surface area contributed by atoms with E-state index in [0.29, 0.717) is 26.5 Å². The van der Waals surface area contributed by atoms with Crippen LogP contribution in [0.3, 0.4) is 0 Å². The van der Waals surface area contributed by atoms with Crippen molar-refractivity contribution in [2.75, 3.05) is 18.3 Å². The number of aromatic nitrogens is 2. The van der Waals surface area contributed by atoms with E-state index >= 15 is 0 Å². The molecule has 0 unspecified atom stereocenters. The third-order valence-corrected chi connectivity index (χ3v) is 7.02. The number of carbonyl (C=O) groups excluding carboxylic acids is 2. The van der Waals surface area contributed by atoms with Gasteiger partial charge in [0.25, 0.3) is 5.91 Å². The molecule has 0 aliphatic heterocycles. The molecule has 0 spiro atoms. The van der Waals surface area contributed by atoms with E-state index in [1.807, 2.05) is 6.07 Å². The van der Waals surface area contributed by atoms with Crippen LogP contribution < -0.4 is 4.90 Å². The minimum Gasteiger partial charge on any atom is -0.465 e. The van der Waals surface area contributed by atoms with Crippen molar-refractivity contribution in [2.45, 2.75) is 11.4 Å². The lowest BCUT2D eigenvalue weighted by atomic mass is 10.1. The summed E-state index contributed by atoms with van der Waals surface area (Å²) in [6.45, 7) is 0.212. The summed E-state index contributed by atoms with van der Waals surface area (Å²) in [5, 5.41) is 0.418. The van der Waals surface area contributed by atoms with Crippen LogP contribution in [0, 0.1) is 0 Å². The van der Waals surface area contributed by atoms with Gasteiger partial charge < -0.3 is 4.74 Å². The molecule has 1 amide bonds. The van der Waals surface area contributed by atoms with Crippen molar-refractivity contribution in [3.05, 3.63) is 83.7 Å². The molecule has 0 bridgehead atoms. The van der Waals surface area contributed by atoms with Gasteiger partial charge in [0.15, 0.2) is 15.0 Å². The maximum Gasteiger partial charge on any atom is 0.337 e. The van der Waals surface area contributed by atoms with Crippen LogP contribution in [0.1, 0.15) is 26.3 Å². The van der Waals surface area contributed by atoms with Crippen LogP contribution in [-0.4, -0.2) is 43.6 Å². The van der Waals surface area contributed by atoms with Gasteiger partial charge in [-0.2, -0.15) is 0 Å². The first-order valence-corrected chi connectivity index (χ1v) is 12.5. The molecule has 8 nitrogen and oxygen atoms in total. The number of methoxy groups -OCH3 is 1. The van der Waals surface area contributed by atoms with Gasteiger partial charge >= 0.3 is 5.97 Å². The Morgan fingerprint density at radius 3 is 2.42 bits per heavy atom. The van der Waals surface area contributed by atoms with E-state index in [9.17, 15) is 18.0 Å². The van der Waals surface area contributed by atoms with Gasteiger partial charge in [-0.15, -0.1) is 0 Å². The number of anilines is 1. The molecule has 0 atom stereocenters. The number of fused-ring (bicyclic) bond motifs is 1. The molecule has 0 aliphatic carbocycles. The van der Waals surface area contributed by atoms with Crippen LogP contribution in [-0.2, 0) is 21.1 Å². The fraction of sp³-hybridized carbons (Fsp3) is 0.130. The molecule has 4 aromatic rings. The summed E-state index contributed by atoms with van der Waals surface area (Å²) in [4.78, 5) is 35.6.